The Balaban J connectivity index is 2.81. The third-order valence-corrected chi connectivity index (χ3v) is 3.31. The van der Waals surface area contributed by atoms with Crippen LogP contribution in [0.25, 0.3) is 0 Å². The Hall–Kier alpha value is -1.35. The molecule has 0 saturated carbocycles. The smallest absolute Gasteiger partial charge is 0.328 e. The van der Waals surface area contributed by atoms with E-state index in [9.17, 15) is 4.79 Å². The van der Waals surface area contributed by atoms with Crippen LogP contribution < -0.4 is 4.74 Å². The molecule has 0 aliphatic rings. The summed E-state index contributed by atoms with van der Waals surface area (Å²) < 4.78 is 5.54. The molecule has 3 nitrogen and oxygen atoms in total. The molecule has 0 amide bonds. The maximum Gasteiger partial charge on any atom is 0.328 e. The maximum absolute atomic E-state index is 12.1. The summed E-state index contributed by atoms with van der Waals surface area (Å²) in [5.41, 5.74) is 1.99. The Labute approximate surface area is 110 Å². The fraction of sp³-hybridized carbons (Fsp3) is 0.533. The van der Waals surface area contributed by atoms with Crippen LogP contribution in [-0.4, -0.2) is 30.0 Å². The molecule has 0 N–H and O–H groups in total. The van der Waals surface area contributed by atoms with Crippen molar-refractivity contribution in [3.05, 3.63) is 29.3 Å². The van der Waals surface area contributed by atoms with Crippen LogP contribution >= 0.6 is 0 Å². The number of rotatable bonds is 5. The molecule has 3 heteroatoms. The number of ether oxygens (including phenoxy) is 1. The number of hydrogen-bond donors (Lipinski definition) is 0. The number of aryl methyl sites for hydroxylation is 2. The average Bonchev–Trinajstić information content (AvgIpc) is 2.35. The Bertz CT molecular complexity index is 391. The van der Waals surface area contributed by atoms with E-state index < -0.39 is 0 Å². The molecule has 100 valence electrons. The summed E-state index contributed by atoms with van der Waals surface area (Å²) in [6, 6.07) is 5.67. The van der Waals surface area contributed by atoms with E-state index in [1.165, 1.54) is 0 Å². The van der Waals surface area contributed by atoms with Gasteiger partial charge in [-0.15, -0.1) is 0 Å². The SMILES string of the molecule is CCN(CC)[C@@H](C)C(=O)Oc1c(C)cccc1C. The van der Waals surface area contributed by atoms with Crippen LogP contribution in [0.4, 0.5) is 0 Å². The van der Waals surface area contributed by atoms with Crippen molar-refractivity contribution in [1.82, 2.24) is 4.90 Å². The number of carbonyl (C=O) groups is 1. The van der Waals surface area contributed by atoms with Gasteiger partial charge in [0.1, 0.15) is 11.8 Å². The number of para-hydroxylation sites is 1. The Morgan fingerprint density at radius 3 is 2.17 bits per heavy atom. The molecule has 0 spiro atoms. The van der Waals surface area contributed by atoms with Crippen LogP contribution in [0.1, 0.15) is 31.9 Å². The average molecular weight is 249 g/mol. The first kappa shape index (κ1) is 14.7. The monoisotopic (exact) mass is 249 g/mol. The largest absolute Gasteiger partial charge is 0.425 e. The zero-order valence-corrected chi connectivity index (χ0v) is 12.0. The van der Waals surface area contributed by atoms with Gasteiger partial charge in [-0.2, -0.15) is 0 Å². The Kier molecular flexibility index (Phi) is 5.35. The topological polar surface area (TPSA) is 29.5 Å². The highest BCUT2D eigenvalue weighted by Gasteiger charge is 2.21. The summed E-state index contributed by atoms with van der Waals surface area (Å²) >= 11 is 0. The van der Waals surface area contributed by atoms with Crippen molar-refractivity contribution in [1.29, 1.82) is 0 Å². The lowest BCUT2D eigenvalue weighted by Gasteiger charge is -2.25. The summed E-state index contributed by atoms with van der Waals surface area (Å²) in [5, 5.41) is 0. The Morgan fingerprint density at radius 2 is 1.72 bits per heavy atom. The fourth-order valence-corrected chi connectivity index (χ4v) is 2.07. The van der Waals surface area contributed by atoms with Crippen molar-refractivity contribution < 1.29 is 9.53 Å². The van der Waals surface area contributed by atoms with E-state index in [4.69, 9.17) is 4.74 Å². The van der Waals surface area contributed by atoms with Gasteiger partial charge < -0.3 is 4.74 Å². The maximum atomic E-state index is 12.1. The molecular weight excluding hydrogens is 226 g/mol. The minimum atomic E-state index is -0.209. The van der Waals surface area contributed by atoms with E-state index in [1.54, 1.807) is 0 Å². The molecule has 18 heavy (non-hydrogen) atoms. The first-order valence-electron chi connectivity index (χ1n) is 6.53. The molecule has 0 radical (unpaired) electrons. The number of carbonyl (C=O) groups excluding carboxylic acids is 1. The Morgan fingerprint density at radius 1 is 1.22 bits per heavy atom. The van der Waals surface area contributed by atoms with Gasteiger partial charge in [-0.3, -0.25) is 4.90 Å². The molecule has 0 aliphatic carbocycles. The molecular formula is C15H23NO2. The zero-order valence-electron chi connectivity index (χ0n) is 12.0. The predicted molar refractivity (Wildman–Crippen MR) is 73.9 cm³/mol. The highest BCUT2D eigenvalue weighted by atomic mass is 16.5. The molecule has 0 fully saturated rings. The predicted octanol–water partition coefficient (Wildman–Crippen LogP) is 2.94. The van der Waals surface area contributed by atoms with Gasteiger partial charge in [0.2, 0.25) is 0 Å². The number of benzene rings is 1. The fourth-order valence-electron chi connectivity index (χ4n) is 2.07. The van der Waals surface area contributed by atoms with E-state index in [-0.39, 0.29) is 12.0 Å². The van der Waals surface area contributed by atoms with Gasteiger partial charge in [0.15, 0.2) is 0 Å². The summed E-state index contributed by atoms with van der Waals surface area (Å²) in [6.07, 6.45) is 0. The molecule has 1 rings (SSSR count). The third-order valence-electron chi connectivity index (χ3n) is 3.31. The van der Waals surface area contributed by atoms with E-state index in [2.05, 4.69) is 4.90 Å². The van der Waals surface area contributed by atoms with Crippen molar-refractivity contribution >= 4 is 5.97 Å². The normalized spacial score (nSPS) is 12.6. The van der Waals surface area contributed by atoms with E-state index in [1.807, 2.05) is 52.8 Å². The molecule has 0 bridgehead atoms. The van der Waals surface area contributed by atoms with Gasteiger partial charge in [0.05, 0.1) is 0 Å². The van der Waals surface area contributed by atoms with Gasteiger partial charge in [0, 0.05) is 0 Å². The van der Waals surface area contributed by atoms with Gasteiger partial charge in [-0.1, -0.05) is 32.0 Å². The highest BCUT2D eigenvalue weighted by Crippen LogP contribution is 2.23. The lowest BCUT2D eigenvalue weighted by atomic mass is 10.1. The number of nitrogens with zero attached hydrogens (tertiary/aromatic N) is 1. The van der Waals surface area contributed by atoms with Crippen molar-refractivity contribution in [3.8, 4) is 5.75 Å². The molecule has 0 aromatic heterocycles. The second kappa shape index (κ2) is 6.55. The van der Waals surface area contributed by atoms with Gasteiger partial charge in [-0.05, 0) is 45.0 Å². The van der Waals surface area contributed by atoms with Gasteiger partial charge in [0.25, 0.3) is 0 Å². The lowest BCUT2D eigenvalue weighted by Crippen LogP contribution is -2.41. The standard InChI is InChI=1S/C15H23NO2/c1-6-16(7-2)13(5)15(17)18-14-11(3)9-8-10-12(14)4/h8-10,13H,6-7H2,1-5H3/t13-/m0/s1. The number of esters is 1. The van der Waals surface area contributed by atoms with Crippen molar-refractivity contribution in [2.24, 2.45) is 0 Å². The molecule has 1 atom stereocenters. The summed E-state index contributed by atoms with van der Waals surface area (Å²) in [4.78, 5) is 14.2. The number of hydrogen-bond acceptors (Lipinski definition) is 3. The summed E-state index contributed by atoms with van der Waals surface area (Å²) in [5.74, 6) is 0.512. The van der Waals surface area contributed by atoms with Gasteiger partial charge >= 0.3 is 5.97 Å². The molecule has 0 saturated heterocycles. The molecule has 0 heterocycles. The van der Waals surface area contributed by atoms with Crippen molar-refractivity contribution in [2.75, 3.05) is 13.1 Å². The minimum absolute atomic E-state index is 0.184. The van der Waals surface area contributed by atoms with E-state index in [0.717, 1.165) is 24.2 Å². The van der Waals surface area contributed by atoms with Gasteiger partial charge in [-0.25, -0.2) is 4.79 Å². The van der Waals surface area contributed by atoms with Crippen LogP contribution in [0.3, 0.4) is 0 Å². The lowest BCUT2D eigenvalue weighted by molar-refractivity contribution is -0.139. The minimum Gasteiger partial charge on any atom is -0.425 e. The van der Waals surface area contributed by atoms with Crippen LogP contribution in [0, 0.1) is 13.8 Å². The second-order valence-corrected chi connectivity index (χ2v) is 4.54. The summed E-state index contributed by atoms with van der Waals surface area (Å²) in [7, 11) is 0. The first-order chi connectivity index (χ1) is 8.51. The molecule has 1 aromatic rings. The van der Waals surface area contributed by atoms with Crippen LogP contribution in [-0.2, 0) is 4.79 Å². The third kappa shape index (κ3) is 3.33. The van der Waals surface area contributed by atoms with Crippen LogP contribution in [0.15, 0.2) is 18.2 Å². The first-order valence-corrected chi connectivity index (χ1v) is 6.53. The molecule has 1 aromatic carbocycles. The quantitative estimate of drug-likeness (QED) is 0.593. The number of likely N-dealkylation sites (N-methyl/N-ethyl adjacent to an activating group) is 1. The molecule has 0 unspecified atom stereocenters. The van der Waals surface area contributed by atoms with E-state index in [0.29, 0.717) is 5.75 Å². The highest BCUT2D eigenvalue weighted by molar-refractivity contribution is 5.78. The van der Waals surface area contributed by atoms with E-state index >= 15 is 0 Å². The van der Waals surface area contributed by atoms with Crippen molar-refractivity contribution in [2.45, 2.75) is 40.7 Å². The van der Waals surface area contributed by atoms with Crippen molar-refractivity contribution in [3.63, 3.8) is 0 Å². The van der Waals surface area contributed by atoms with Crippen LogP contribution in [0.2, 0.25) is 0 Å². The second-order valence-electron chi connectivity index (χ2n) is 4.54. The summed E-state index contributed by atoms with van der Waals surface area (Å²) in [6.45, 7) is 11.6. The van der Waals surface area contributed by atoms with Crippen LogP contribution in [0.5, 0.6) is 5.75 Å². The zero-order chi connectivity index (χ0) is 13.7. The molecule has 0 aliphatic heterocycles.